The fraction of sp³-hybridized carbons (Fsp3) is 0. The Morgan fingerprint density at radius 3 is 1.64 bits per heavy atom. The fourth-order valence-electron chi connectivity index (χ4n) is 8.01. The van der Waals surface area contributed by atoms with Gasteiger partial charge in [-0.05, 0) is 67.7 Å². The molecule has 0 unspecified atom stereocenters. The number of fused-ring (bicyclic) bond motifs is 6. The molecule has 0 radical (unpaired) electrons. The van der Waals surface area contributed by atoms with Crippen molar-refractivity contribution in [2.75, 3.05) is 0 Å². The molecule has 0 saturated carbocycles. The first-order valence-electron chi connectivity index (χ1n) is 18.4. The van der Waals surface area contributed by atoms with Gasteiger partial charge in [0, 0.05) is 33.8 Å². The lowest BCUT2D eigenvalue weighted by atomic mass is 9.89. The summed E-state index contributed by atoms with van der Waals surface area (Å²) < 4.78 is 6.24. The Kier molecular flexibility index (Phi) is 7.10. The predicted octanol–water partition coefficient (Wildman–Crippen LogP) is 13.0. The van der Waals surface area contributed by atoms with Crippen molar-refractivity contribution in [2.45, 2.75) is 0 Å². The molecule has 3 heterocycles. The van der Waals surface area contributed by atoms with Gasteiger partial charge in [0.2, 0.25) is 0 Å². The van der Waals surface area contributed by atoms with Gasteiger partial charge in [-0.2, -0.15) is 0 Å². The van der Waals surface area contributed by atoms with Gasteiger partial charge in [0.15, 0.2) is 17.5 Å². The van der Waals surface area contributed by atoms with Gasteiger partial charge in [-0.1, -0.05) is 152 Å². The summed E-state index contributed by atoms with van der Waals surface area (Å²) in [5.74, 6) is 1.90. The van der Waals surface area contributed by atoms with E-state index in [9.17, 15) is 0 Å². The SMILES string of the molecule is c1ccc(-c2nc(-c3ccc4ccccc4c3)nc(-c3ccc(-c4ccc(-c5nccc6oc7ccccc7c56)c5ccccc45)c4ccccc34)n2)cc1. The summed E-state index contributed by atoms with van der Waals surface area (Å²) in [4.78, 5) is 20.2. The van der Waals surface area contributed by atoms with E-state index in [2.05, 4.69) is 121 Å². The fourth-order valence-corrected chi connectivity index (χ4v) is 8.01. The van der Waals surface area contributed by atoms with Crippen LogP contribution in [0.15, 0.2) is 187 Å². The number of hydrogen-bond donors (Lipinski definition) is 0. The second kappa shape index (κ2) is 12.6. The monoisotopic (exact) mass is 702 g/mol. The molecule has 0 saturated heterocycles. The van der Waals surface area contributed by atoms with Crippen LogP contribution >= 0.6 is 0 Å². The molecule has 0 amide bonds. The van der Waals surface area contributed by atoms with Crippen LogP contribution in [-0.2, 0) is 0 Å². The van der Waals surface area contributed by atoms with Crippen molar-refractivity contribution in [1.82, 2.24) is 19.9 Å². The lowest BCUT2D eigenvalue weighted by Crippen LogP contribution is -2.01. The minimum atomic E-state index is 0.631. The number of para-hydroxylation sites is 1. The van der Waals surface area contributed by atoms with Crippen LogP contribution in [0.25, 0.3) is 111 Å². The number of nitrogens with zero attached hydrogens (tertiary/aromatic N) is 4. The van der Waals surface area contributed by atoms with Crippen LogP contribution in [-0.4, -0.2) is 19.9 Å². The molecule has 5 heteroatoms. The summed E-state index contributed by atoms with van der Waals surface area (Å²) in [5, 5.41) is 8.87. The molecule has 0 atom stereocenters. The first-order valence-corrected chi connectivity index (χ1v) is 18.4. The number of pyridine rings is 1. The second-order valence-electron chi connectivity index (χ2n) is 13.8. The van der Waals surface area contributed by atoms with E-state index >= 15 is 0 Å². The summed E-state index contributed by atoms with van der Waals surface area (Å²) >= 11 is 0. The maximum Gasteiger partial charge on any atom is 0.164 e. The minimum absolute atomic E-state index is 0.631. The number of hydrogen-bond acceptors (Lipinski definition) is 5. The van der Waals surface area contributed by atoms with Crippen LogP contribution in [0.2, 0.25) is 0 Å². The van der Waals surface area contributed by atoms with Crippen LogP contribution in [0.1, 0.15) is 0 Å². The van der Waals surface area contributed by atoms with Crippen molar-refractivity contribution in [2.24, 2.45) is 0 Å². The average molecular weight is 703 g/mol. The standard InChI is InChI=1S/C50H30N4O/c1-2-13-32(14-3-1)48-52-49(34-23-22-31-12-4-5-15-33(31)30-34)54-50(53-48)42-27-25-40(36-17-7-9-19-38(36)42)39-24-26-41(37-18-8-6-16-35(37)39)47-46-43-20-10-11-21-44(43)55-45(46)28-29-51-47/h1-30H. The Bertz CT molecular complexity index is 3280. The van der Waals surface area contributed by atoms with Crippen LogP contribution in [0.3, 0.4) is 0 Å². The molecule has 11 aromatic rings. The lowest BCUT2D eigenvalue weighted by Gasteiger charge is -2.16. The van der Waals surface area contributed by atoms with E-state index in [1.165, 1.54) is 5.39 Å². The summed E-state index contributed by atoms with van der Waals surface area (Å²) in [6.45, 7) is 0. The summed E-state index contributed by atoms with van der Waals surface area (Å²) in [5.41, 5.74) is 8.78. The van der Waals surface area contributed by atoms with Crippen molar-refractivity contribution in [3.05, 3.63) is 182 Å². The van der Waals surface area contributed by atoms with Gasteiger partial charge in [0.25, 0.3) is 0 Å². The van der Waals surface area contributed by atoms with Gasteiger partial charge in [-0.3, -0.25) is 4.98 Å². The van der Waals surface area contributed by atoms with E-state index in [1.807, 2.05) is 60.8 Å². The van der Waals surface area contributed by atoms with E-state index in [1.54, 1.807) is 0 Å². The summed E-state index contributed by atoms with van der Waals surface area (Å²) in [7, 11) is 0. The maximum atomic E-state index is 6.24. The van der Waals surface area contributed by atoms with Gasteiger partial charge in [0.05, 0.1) is 11.1 Å². The molecule has 256 valence electrons. The molecule has 0 N–H and O–H groups in total. The first-order chi connectivity index (χ1) is 27.3. The molecular formula is C50H30N4O. The zero-order valence-electron chi connectivity index (χ0n) is 29.5. The van der Waals surface area contributed by atoms with Crippen molar-refractivity contribution < 1.29 is 4.42 Å². The Morgan fingerprint density at radius 2 is 0.891 bits per heavy atom. The van der Waals surface area contributed by atoms with E-state index in [-0.39, 0.29) is 0 Å². The van der Waals surface area contributed by atoms with Crippen molar-refractivity contribution in [1.29, 1.82) is 0 Å². The third-order valence-corrected chi connectivity index (χ3v) is 10.6. The number of aromatic nitrogens is 4. The van der Waals surface area contributed by atoms with Gasteiger partial charge in [-0.15, -0.1) is 0 Å². The van der Waals surface area contributed by atoms with Gasteiger partial charge in [0.1, 0.15) is 11.2 Å². The van der Waals surface area contributed by atoms with E-state index in [4.69, 9.17) is 24.4 Å². The maximum absolute atomic E-state index is 6.24. The molecule has 8 aromatic carbocycles. The molecule has 0 fully saturated rings. The zero-order valence-corrected chi connectivity index (χ0v) is 29.5. The van der Waals surface area contributed by atoms with E-state index in [0.29, 0.717) is 17.5 Å². The predicted molar refractivity (Wildman–Crippen MR) is 225 cm³/mol. The van der Waals surface area contributed by atoms with Gasteiger partial charge < -0.3 is 4.42 Å². The molecule has 11 rings (SSSR count). The average Bonchev–Trinajstić information content (AvgIpc) is 3.65. The highest BCUT2D eigenvalue weighted by atomic mass is 16.3. The summed E-state index contributed by atoms with van der Waals surface area (Å²) in [6.07, 6.45) is 1.84. The van der Waals surface area contributed by atoms with Crippen LogP contribution in [0.5, 0.6) is 0 Å². The normalized spacial score (nSPS) is 11.6. The Morgan fingerprint density at radius 1 is 0.345 bits per heavy atom. The number of rotatable bonds is 5. The van der Waals surface area contributed by atoms with Crippen molar-refractivity contribution in [3.8, 4) is 56.5 Å². The second-order valence-corrected chi connectivity index (χ2v) is 13.8. The number of benzene rings is 8. The quantitative estimate of drug-likeness (QED) is 0.179. The van der Waals surface area contributed by atoms with E-state index in [0.717, 1.165) is 87.9 Å². The third kappa shape index (κ3) is 5.17. The summed E-state index contributed by atoms with van der Waals surface area (Å²) in [6, 6.07) is 61.0. The van der Waals surface area contributed by atoms with Crippen molar-refractivity contribution >= 4 is 54.3 Å². The molecular weight excluding hydrogens is 673 g/mol. The highest BCUT2D eigenvalue weighted by molar-refractivity contribution is 6.17. The van der Waals surface area contributed by atoms with Crippen LogP contribution < -0.4 is 0 Å². The molecule has 0 bridgehead atoms. The smallest absolute Gasteiger partial charge is 0.164 e. The van der Waals surface area contributed by atoms with Gasteiger partial charge >= 0.3 is 0 Å². The number of furan rings is 1. The molecule has 3 aromatic heterocycles. The first kappa shape index (κ1) is 31.1. The highest BCUT2D eigenvalue weighted by Crippen LogP contribution is 2.43. The molecule has 0 aliphatic rings. The van der Waals surface area contributed by atoms with Crippen LogP contribution in [0, 0.1) is 0 Å². The van der Waals surface area contributed by atoms with Crippen LogP contribution in [0.4, 0.5) is 0 Å². The zero-order chi connectivity index (χ0) is 36.3. The molecule has 0 aliphatic heterocycles. The molecule has 55 heavy (non-hydrogen) atoms. The minimum Gasteiger partial charge on any atom is -0.456 e. The Labute approximate surface area is 316 Å². The Hall–Kier alpha value is -7.50. The van der Waals surface area contributed by atoms with Gasteiger partial charge in [-0.25, -0.2) is 15.0 Å². The molecule has 5 nitrogen and oxygen atoms in total. The third-order valence-electron chi connectivity index (χ3n) is 10.6. The van der Waals surface area contributed by atoms with Crippen molar-refractivity contribution in [3.63, 3.8) is 0 Å². The lowest BCUT2D eigenvalue weighted by molar-refractivity contribution is 0.668. The Balaban J connectivity index is 1.10. The largest absolute Gasteiger partial charge is 0.456 e. The molecule has 0 spiro atoms. The topological polar surface area (TPSA) is 64.7 Å². The van der Waals surface area contributed by atoms with E-state index < -0.39 is 0 Å². The molecule has 0 aliphatic carbocycles. The highest BCUT2D eigenvalue weighted by Gasteiger charge is 2.20.